The minimum Gasteiger partial charge on any atom is -0.481 e. The van der Waals surface area contributed by atoms with E-state index >= 15 is 0 Å². The number of hydrogen-bond acceptors (Lipinski definition) is 3. The molecule has 0 aliphatic rings. The van der Waals surface area contributed by atoms with Crippen molar-refractivity contribution in [2.24, 2.45) is 23.2 Å². The molecule has 0 fully saturated rings. The van der Waals surface area contributed by atoms with Gasteiger partial charge < -0.3 is 9.84 Å². The summed E-state index contributed by atoms with van der Waals surface area (Å²) in [7, 11) is 0. The molecule has 0 saturated carbocycles. The Morgan fingerprint density at radius 2 is 0.938 bits per heavy atom. The van der Waals surface area contributed by atoms with Gasteiger partial charge in [0, 0.05) is 6.42 Å². The highest BCUT2D eigenvalue weighted by Crippen LogP contribution is 2.40. The maximum absolute atomic E-state index is 11.8. The number of aliphatic carboxylic acids is 1. The van der Waals surface area contributed by atoms with Gasteiger partial charge in [-0.2, -0.15) is 0 Å². The van der Waals surface area contributed by atoms with Gasteiger partial charge in [-0.15, -0.1) is 0 Å². The summed E-state index contributed by atoms with van der Waals surface area (Å²) >= 11 is 0. The smallest absolute Gasteiger partial charge is 0.307 e. The average Bonchev–Trinajstić information content (AvgIpc) is 3.04. The summed E-state index contributed by atoms with van der Waals surface area (Å²) in [4.78, 5) is 23.5. The number of unbranched alkanes of at least 4 members (excludes halogenated alkanes) is 19. The average molecular weight is 681 g/mol. The second-order valence-electron chi connectivity index (χ2n) is 16.2. The minimum atomic E-state index is -0.577. The van der Waals surface area contributed by atoms with Crippen LogP contribution in [0.4, 0.5) is 0 Å². The Labute approximate surface area is 302 Å². The third kappa shape index (κ3) is 33.4. The zero-order valence-electron chi connectivity index (χ0n) is 34.1. The van der Waals surface area contributed by atoms with Gasteiger partial charge in [-0.3, -0.25) is 9.59 Å². The lowest BCUT2D eigenvalue weighted by Gasteiger charge is -2.35. The summed E-state index contributed by atoms with van der Waals surface area (Å²) in [6.07, 6.45) is 35.2. The van der Waals surface area contributed by atoms with Crippen LogP contribution in [-0.4, -0.2) is 23.7 Å². The minimum absolute atomic E-state index is 0.0118. The highest BCUT2D eigenvalue weighted by molar-refractivity contribution is 5.71. The summed E-state index contributed by atoms with van der Waals surface area (Å²) in [5.41, 5.74) is -0.0398. The quantitative estimate of drug-likeness (QED) is 0.0543. The van der Waals surface area contributed by atoms with Gasteiger partial charge in [-0.1, -0.05) is 203 Å². The fourth-order valence-corrected chi connectivity index (χ4v) is 6.79. The van der Waals surface area contributed by atoms with E-state index in [0.29, 0.717) is 18.9 Å². The first-order valence-corrected chi connectivity index (χ1v) is 21.4. The summed E-state index contributed by atoms with van der Waals surface area (Å²) in [5.74, 6) is 0.799. The number of carboxylic acids is 1. The van der Waals surface area contributed by atoms with Gasteiger partial charge >= 0.3 is 11.9 Å². The molecule has 4 heteroatoms. The van der Waals surface area contributed by atoms with E-state index in [-0.39, 0.29) is 17.3 Å². The molecule has 0 aliphatic heterocycles. The highest BCUT2D eigenvalue weighted by Gasteiger charge is 2.36. The molecule has 0 saturated heterocycles. The van der Waals surface area contributed by atoms with Crippen molar-refractivity contribution < 1.29 is 19.4 Å². The molecule has 0 spiro atoms. The second kappa shape index (κ2) is 35.8. The predicted octanol–water partition coefficient (Wildman–Crippen LogP) is 14.9. The van der Waals surface area contributed by atoms with Gasteiger partial charge in [-0.05, 0) is 49.4 Å². The van der Waals surface area contributed by atoms with E-state index in [1.54, 1.807) is 0 Å². The summed E-state index contributed by atoms with van der Waals surface area (Å²) in [5, 5.41) is 9.75. The van der Waals surface area contributed by atoms with Crippen molar-refractivity contribution in [3.8, 4) is 0 Å². The van der Waals surface area contributed by atoms with E-state index in [9.17, 15) is 14.7 Å². The number of ether oxygens (including phenoxy) is 1. The van der Waals surface area contributed by atoms with Crippen molar-refractivity contribution in [3.05, 3.63) is 0 Å². The van der Waals surface area contributed by atoms with Crippen LogP contribution >= 0.6 is 0 Å². The van der Waals surface area contributed by atoms with Crippen molar-refractivity contribution in [1.29, 1.82) is 0 Å². The maximum atomic E-state index is 11.8. The molecule has 0 aromatic heterocycles. The first kappa shape index (κ1) is 49.1. The molecule has 0 heterocycles. The maximum Gasteiger partial charge on any atom is 0.307 e. The van der Waals surface area contributed by atoms with Crippen LogP contribution in [0.25, 0.3) is 0 Å². The molecule has 0 bridgehead atoms. The van der Waals surface area contributed by atoms with Gasteiger partial charge in [-0.25, -0.2) is 0 Å². The number of carboxylic acid groups (broad SMARTS) is 1. The Bertz CT molecular complexity index is 687. The topological polar surface area (TPSA) is 63.6 Å². The number of rotatable bonds is 34. The van der Waals surface area contributed by atoms with E-state index in [1.165, 1.54) is 135 Å². The van der Waals surface area contributed by atoms with E-state index < -0.39 is 5.97 Å². The van der Waals surface area contributed by atoms with Crippen LogP contribution in [0.3, 0.4) is 0 Å². The van der Waals surface area contributed by atoms with Gasteiger partial charge in [0.15, 0.2) is 0 Å². The molecular formula is C44H88O4. The van der Waals surface area contributed by atoms with Gasteiger partial charge in [0.2, 0.25) is 0 Å². The van der Waals surface area contributed by atoms with Crippen LogP contribution in [0, 0.1) is 23.2 Å². The largest absolute Gasteiger partial charge is 0.481 e. The van der Waals surface area contributed by atoms with Crippen molar-refractivity contribution in [3.63, 3.8) is 0 Å². The van der Waals surface area contributed by atoms with Crippen molar-refractivity contribution in [1.82, 2.24) is 0 Å². The highest BCUT2D eigenvalue weighted by atomic mass is 16.5. The lowest BCUT2D eigenvalue weighted by atomic mass is 9.69. The first-order chi connectivity index (χ1) is 23.0. The Balaban J connectivity index is 0. The third-order valence-electron chi connectivity index (χ3n) is 10.5. The molecule has 0 amide bonds. The van der Waals surface area contributed by atoms with E-state index in [1.807, 2.05) is 0 Å². The molecule has 0 aromatic carbocycles. The van der Waals surface area contributed by atoms with E-state index in [2.05, 4.69) is 55.4 Å². The Morgan fingerprint density at radius 3 is 1.38 bits per heavy atom. The molecule has 2 atom stereocenters. The molecule has 48 heavy (non-hydrogen) atoms. The van der Waals surface area contributed by atoms with Crippen molar-refractivity contribution in [2.75, 3.05) is 6.61 Å². The van der Waals surface area contributed by atoms with Gasteiger partial charge in [0.1, 0.15) is 0 Å². The summed E-state index contributed by atoms with van der Waals surface area (Å²) in [6.45, 7) is 18.6. The van der Waals surface area contributed by atoms with Crippen LogP contribution in [0.1, 0.15) is 242 Å². The molecule has 4 nitrogen and oxygen atoms in total. The summed E-state index contributed by atoms with van der Waals surface area (Å²) < 4.78 is 5.32. The number of hydrogen-bond donors (Lipinski definition) is 1. The molecule has 0 aliphatic carbocycles. The number of carbonyl (C=O) groups is 2. The molecule has 0 rings (SSSR count). The molecule has 0 radical (unpaired) electrons. The standard InChI is InChI=1S/2C22H44O2/c1-6-8-9-10-11-12-13-14-17-20(21(23)24)22(5,7-2)18-15-16-19(3)4;1-4-5-6-7-8-9-10-13-16-19-22(23)24-20-17-14-11-12-15-18-21(2)3/h19-20H,6-18H2,1-5H3,(H,23,24);21H,4-20H2,1-3H3. The Morgan fingerprint density at radius 1 is 0.542 bits per heavy atom. The monoisotopic (exact) mass is 681 g/mol. The van der Waals surface area contributed by atoms with Gasteiger partial charge in [0.25, 0.3) is 0 Å². The lowest BCUT2D eigenvalue weighted by molar-refractivity contribution is -0.147. The second-order valence-corrected chi connectivity index (χ2v) is 16.2. The fourth-order valence-electron chi connectivity index (χ4n) is 6.79. The first-order valence-electron chi connectivity index (χ1n) is 21.4. The summed E-state index contributed by atoms with van der Waals surface area (Å²) in [6, 6.07) is 0. The van der Waals surface area contributed by atoms with Crippen molar-refractivity contribution in [2.45, 2.75) is 242 Å². The van der Waals surface area contributed by atoms with Crippen LogP contribution in [0.15, 0.2) is 0 Å². The number of carbonyl (C=O) groups excluding carboxylic acids is 1. The molecule has 288 valence electrons. The molecule has 0 aromatic rings. The van der Waals surface area contributed by atoms with Crippen LogP contribution in [0.2, 0.25) is 0 Å². The predicted molar refractivity (Wildman–Crippen MR) is 211 cm³/mol. The van der Waals surface area contributed by atoms with E-state index in [0.717, 1.165) is 50.9 Å². The van der Waals surface area contributed by atoms with Crippen LogP contribution in [0.5, 0.6) is 0 Å². The Kier molecular flexibility index (Phi) is 36.5. The lowest BCUT2D eigenvalue weighted by Crippen LogP contribution is -2.33. The van der Waals surface area contributed by atoms with Crippen LogP contribution in [-0.2, 0) is 14.3 Å². The fraction of sp³-hybridized carbons (Fsp3) is 0.955. The van der Waals surface area contributed by atoms with E-state index in [4.69, 9.17) is 4.74 Å². The van der Waals surface area contributed by atoms with Crippen molar-refractivity contribution >= 4 is 11.9 Å². The zero-order chi connectivity index (χ0) is 36.3. The molecule has 1 N–H and O–H groups in total. The molecule has 2 unspecified atom stereocenters. The van der Waals surface area contributed by atoms with Crippen LogP contribution < -0.4 is 0 Å². The third-order valence-corrected chi connectivity index (χ3v) is 10.5. The Hall–Kier alpha value is -1.06. The zero-order valence-corrected chi connectivity index (χ0v) is 34.1. The SMILES string of the molecule is CCCCCCCCCCC(C(=O)O)C(C)(CC)CCCC(C)C.CCCCCCCCCCCC(=O)OCCCCCCCC(C)C. The normalized spacial score (nSPS) is 13.3. The molecular weight excluding hydrogens is 592 g/mol. The van der Waals surface area contributed by atoms with Gasteiger partial charge in [0.05, 0.1) is 12.5 Å². The number of esters is 1.